The molecule has 4 N–H and O–H groups in total. The predicted molar refractivity (Wildman–Crippen MR) is 64.7 cm³/mol. The molecule has 1 saturated heterocycles. The van der Waals surface area contributed by atoms with Crippen molar-refractivity contribution >= 4 is 17.8 Å². The van der Waals surface area contributed by atoms with E-state index in [2.05, 4.69) is 20.6 Å². The number of anilines is 1. The maximum Gasteiger partial charge on any atom is 0.270 e. The highest BCUT2D eigenvalue weighted by molar-refractivity contribution is 5.92. The first kappa shape index (κ1) is 12.3. The standard InChI is InChI=1S/C11H15N5O2/c1-6-4-8(16-11(12)14-6)10(18)13-5-7-2-3-9(17)15-7/h4,7H,2-3,5H2,1H3,(H,13,18)(H,15,17)(H2,12,14,16). The van der Waals surface area contributed by atoms with Gasteiger partial charge in [0.1, 0.15) is 5.69 Å². The summed E-state index contributed by atoms with van der Waals surface area (Å²) in [5.74, 6) is -0.209. The quantitative estimate of drug-likeness (QED) is 0.661. The Hall–Kier alpha value is -2.18. The van der Waals surface area contributed by atoms with Crippen LogP contribution in [0.1, 0.15) is 29.0 Å². The van der Waals surface area contributed by atoms with E-state index in [1.54, 1.807) is 13.0 Å². The van der Waals surface area contributed by atoms with Crippen LogP contribution in [0.5, 0.6) is 0 Å². The Balaban J connectivity index is 1.93. The molecule has 1 aromatic rings. The number of aryl methyl sites for hydroxylation is 1. The van der Waals surface area contributed by atoms with Gasteiger partial charge in [0.05, 0.1) is 0 Å². The molecule has 1 unspecified atom stereocenters. The van der Waals surface area contributed by atoms with Crippen molar-refractivity contribution < 1.29 is 9.59 Å². The minimum absolute atomic E-state index is 0.00160. The third-order valence-corrected chi connectivity index (χ3v) is 2.70. The van der Waals surface area contributed by atoms with Crippen LogP contribution >= 0.6 is 0 Å². The fourth-order valence-electron chi connectivity index (χ4n) is 1.84. The van der Waals surface area contributed by atoms with Crippen molar-refractivity contribution in [3.63, 3.8) is 0 Å². The Morgan fingerprint density at radius 3 is 3.00 bits per heavy atom. The number of nitrogen functional groups attached to an aromatic ring is 1. The monoisotopic (exact) mass is 249 g/mol. The summed E-state index contributed by atoms with van der Waals surface area (Å²) in [6, 6.07) is 1.57. The molecule has 7 heteroatoms. The Kier molecular flexibility index (Phi) is 3.40. The number of carbonyl (C=O) groups is 2. The first-order chi connectivity index (χ1) is 8.54. The molecule has 0 radical (unpaired) electrons. The first-order valence-corrected chi connectivity index (χ1v) is 5.73. The van der Waals surface area contributed by atoms with Gasteiger partial charge in [-0.05, 0) is 19.4 Å². The molecule has 0 aliphatic carbocycles. The minimum atomic E-state index is -0.312. The highest BCUT2D eigenvalue weighted by Crippen LogP contribution is 2.06. The molecule has 0 aromatic carbocycles. The summed E-state index contributed by atoms with van der Waals surface area (Å²) in [5, 5.41) is 5.49. The van der Waals surface area contributed by atoms with Gasteiger partial charge in [0.15, 0.2) is 0 Å². The second-order valence-corrected chi connectivity index (χ2v) is 4.27. The molecule has 1 atom stereocenters. The van der Waals surface area contributed by atoms with Crippen molar-refractivity contribution in [1.82, 2.24) is 20.6 Å². The van der Waals surface area contributed by atoms with Gasteiger partial charge in [0.2, 0.25) is 11.9 Å². The van der Waals surface area contributed by atoms with E-state index in [1.807, 2.05) is 0 Å². The Labute approximate surface area is 104 Å². The summed E-state index contributed by atoms with van der Waals surface area (Å²) in [4.78, 5) is 30.6. The van der Waals surface area contributed by atoms with Gasteiger partial charge in [-0.25, -0.2) is 9.97 Å². The zero-order valence-electron chi connectivity index (χ0n) is 10.1. The van der Waals surface area contributed by atoms with Crippen LogP contribution in [0, 0.1) is 6.92 Å². The molecule has 1 aliphatic rings. The smallest absolute Gasteiger partial charge is 0.270 e. The number of rotatable bonds is 3. The van der Waals surface area contributed by atoms with E-state index in [0.29, 0.717) is 18.7 Å². The number of nitrogens with zero attached hydrogens (tertiary/aromatic N) is 2. The Morgan fingerprint density at radius 2 is 2.39 bits per heavy atom. The lowest BCUT2D eigenvalue weighted by Crippen LogP contribution is -2.38. The molecule has 2 heterocycles. The second kappa shape index (κ2) is 4.99. The zero-order chi connectivity index (χ0) is 13.1. The molecule has 1 fully saturated rings. The maximum absolute atomic E-state index is 11.8. The molecule has 1 aromatic heterocycles. The fraction of sp³-hybridized carbons (Fsp3) is 0.455. The Bertz CT molecular complexity index is 468. The van der Waals surface area contributed by atoms with Crippen molar-refractivity contribution in [3.8, 4) is 0 Å². The summed E-state index contributed by atoms with van der Waals surface area (Å²) in [6.07, 6.45) is 1.25. The van der Waals surface area contributed by atoms with Crippen molar-refractivity contribution in [3.05, 3.63) is 17.5 Å². The lowest BCUT2D eigenvalue weighted by atomic mass is 10.2. The van der Waals surface area contributed by atoms with E-state index in [4.69, 9.17) is 5.73 Å². The minimum Gasteiger partial charge on any atom is -0.368 e. The van der Waals surface area contributed by atoms with Crippen LogP contribution in [-0.4, -0.2) is 34.4 Å². The van der Waals surface area contributed by atoms with Gasteiger partial charge in [-0.3, -0.25) is 9.59 Å². The maximum atomic E-state index is 11.8. The molecule has 0 spiro atoms. The zero-order valence-corrected chi connectivity index (χ0v) is 10.1. The van der Waals surface area contributed by atoms with E-state index >= 15 is 0 Å². The number of amides is 2. The Morgan fingerprint density at radius 1 is 1.61 bits per heavy atom. The number of hydrogen-bond acceptors (Lipinski definition) is 5. The normalized spacial score (nSPS) is 18.5. The second-order valence-electron chi connectivity index (χ2n) is 4.27. The molecule has 18 heavy (non-hydrogen) atoms. The van der Waals surface area contributed by atoms with Crippen LogP contribution in [0.2, 0.25) is 0 Å². The molecule has 96 valence electrons. The van der Waals surface area contributed by atoms with Crippen molar-refractivity contribution in [2.45, 2.75) is 25.8 Å². The van der Waals surface area contributed by atoms with Gasteiger partial charge < -0.3 is 16.4 Å². The van der Waals surface area contributed by atoms with Crippen LogP contribution in [0.25, 0.3) is 0 Å². The summed E-state index contributed by atoms with van der Waals surface area (Å²) < 4.78 is 0. The molecule has 0 bridgehead atoms. The third-order valence-electron chi connectivity index (χ3n) is 2.70. The summed E-state index contributed by atoms with van der Waals surface area (Å²) in [7, 11) is 0. The topological polar surface area (TPSA) is 110 Å². The van der Waals surface area contributed by atoms with Gasteiger partial charge in [0.25, 0.3) is 5.91 Å². The summed E-state index contributed by atoms with van der Waals surface area (Å²) >= 11 is 0. The van der Waals surface area contributed by atoms with Crippen molar-refractivity contribution in [2.75, 3.05) is 12.3 Å². The van der Waals surface area contributed by atoms with Gasteiger partial charge in [0, 0.05) is 24.7 Å². The molecular formula is C11H15N5O2. The van der Waals surface area contributed by atoms with Crippen LogP contribution in [-0.2, 0) is 4.79 Å². The van der Waals surface area contributed by atoms with Crippen molar-refractivity contribution in [1.29, 1.82) is 0 Å². The molecule has 2 amide bonds. The molecular weight excluding hydrogens is 234 g/mol. The highest BCUT2D eigenvalue weighted by Gasteiger charge is 2.21. The molecule has 2 rings (SSSR count). The SMILES string of the molecule is Cc1cc(C(=O)NCC2CCC(=O)N2)nc(N)n1. The molecule has 1 aliphatic heterocycles. The average molecular weight is 249 g/mol. The number of hydrogen-bond donors (Lipinski definition) is 3. The largest absolute Gasteiger partial charge is 0.368 e. The van der Waals surface area contributed by atoms with Crippen LogP contribution in [0.15, 0.2) is 6.07 Å². The number of carbonyl (C=O) groups excluding carboxylic acids is 2. The van der Waals surface area contributed by atoms with Crippen LogP contribution < -0.4 is 16.4 Å². The molecule has 0 saturated carbocycles. The van der Waals surface area contributed by atoms with E-state index in [0.717, 1.165) is 6.42 Å². The first-order valence-electron chi connectivity index (χ1n) is 5.73. The predicted octanol–water partition coefficient (Wildman–Crippen LogP) is -0.624. The number of nitrogens with one attached hydrogen (secondary N) is 2. The van der Waals surface area contributed by atoms with Crippen molar-refractivity contribution in [2.24, 2.45) is 0 Å². The van der Waals surface area contributed by atoms with E-state index in [1.165, 1.54) is 0 Å². The van der Waals surface area contributed by atoms with E-state index in [9.17, 15) is 9.59 Å². The van der Waals surface area contributed by atoms with Crippen LogP contribution in [0.4, 0.5) is 5.95 Å². The number of nitrogens with two attached hydrogens (primary N) is 1. The van der Waals surface area contributed by atoms with Gasteiger partial charge in [-0.1, -0.05) is 0 Å². The third kappa shape index (κ3) is 2.93. The van der Waals surface area contributed by atoms with Gasteiger partial charge in [-0.15, -0.1) is 0 Å². The average Bonchev–Trinajstić information content (AvgIpc) is 2.70. The van der Waals surface area contributed by atoms with Gasteiger partial charge in [-0.2, -0.15) is 0 Å². The van der Waals surface area contributed by atoms with E-state index in [-0.39, 0.29) is 29.5 Å². The highest BCUT2D eigenvalue weighted by atomic mass is 16.2. The molecule has 7 nitrogen and oxygen atoms in total. The van der Waals surface area contributed by atoms with Crippen LogP contribution in [0.3, 0.4) is 0 Å². The number of aromatic nitrogens is 2. The fourth-order valence-corrected chi connectivity index (χ4v) is 1.84. The van der Waals surface area contributed by atoms with Gasteiger partial charge >= 0.3 is 0 Å². The summed E-state index contributed by atoms with van der Waals surface area (Å²) in [6.45, 7) is 2.14. The van der Waals surface area contributed by atoms with E-state index < -0.39 is 0 Å². The summed E-state index contributed by atoms with van der Waals surface area (Å²) in [5.41, 5.74) is 6.36. The lowest BCUT2D eigenvalue weighted by Gasteiger charge is -2.11. The lowest BCUT2D eigenvalue weighted by molar-refractivity contribution is -0.119.